The molecule has 0 saturated carbocycles. The number of carbonyl (C=O) groups excluding carboxylic acids is 1. The number of hydrogen-bond acceptors (Lipinski definition) is 4. The molecule has 1 amide bonds. The summed E-state index contributed by atoms with van der Waals surface area (Å²) < 4.78 is 3.98. The van der Waals surface area contributed by atoms with Crippen LogP contribution in [-0.4, -0.2) is 29.8 Å². The van der Waals surface area contributed by atoms with Crippen molar-refractivity contribution < 1.29 is 4.79 Å². The van der Waals surface area contributed by atoms with Crippen molar-refractivity contribution in [3.63, 3.8) is 0 Å². The molecule has 7 heteroatoms. The second-order valence-electron chi connectivity index (χ2n) is 7.22. The molecule has 5 aromatic rings. The van der Waals surface area contributed by atoms with Gasteiger partial charge in [-0.1, -0.05) is 36.4 Å². The van der Waals surface area contributed by atoms with Gasteiger partial charge in [0.25, 0.3) is 5.91 Å². The van der Waals surface area contributed by atoms with E-state index in [1.807, 2.05) is 60.1 Å². The lowest BCUT2D eigenvalue weighted by atomic mass is 10.2. The number of imidazole rings is 2. The lowest BCUT2D eigenvalue weighted by Crippen LogP contribution is -2.12. The van der Waals surface area contributed by atoms with Crippen LogP contribution in [-0.2, 0) is 6.54 Å². The minimum atomic E-state index is -0.289. The van der Waals surface area contributed by atoms with E-state index in [1.54, 1.807) is 24.5 Å². The number of pyridine rings is 2. The molecule has 4 heterocycles. The molecule has 31 heavy (non-hydrogen) atoms. The quantitative estimate of drug-likeness (QED) is 0.473. The topological polar surface area (TPSA) is 77.1 Å². The average molecular weight is 408 g/mol. The van der Waals surface area contributed by atoms with Crippen LogP contribution in [0.2, 0.25) is 0 Å². The van der Waals surface area contributed by atoms with Crippen LogP contribution in [0.1, 0.15) is 21.9 Å². The first-order valence-corrected chi connectivity index (χ1v) is 9.95. The van der Waals surface area contributed by atoms with Gasteiger partial charge in [-0.3, -0.25) is 14.2 Å². The Hall–Kier alpha value is -4.26. The fraction of sp³-hybridized carbons (Fsp3) is 0.0833. The molecule has 0 radical (unpaired) electrons. The minimum Gasteiger partial charge on any atom is -0.330 e. The summed E-state index contributed by atoms with van der Waals surface area (Å²) in [6.07, 6.45) is 7.14. The molecule has 152 valence electrons. The summed E-state index contributed by atoms with van der Waals surface area (Å²) in [7, 11) is 0. The number of nitrogens with zero attached hydrogens (tertiary/aromatic N) is 5. The lowest BCUT2D eigenvalue weighted by molar-refractivity contribution is 0.102. The van der Waals surface area contributed by atoms with Crippen LogP contribution in [0.25, 0.3) is 17.0 Å². The van der Waals surface area contributed by atoms with Gasteiger partial charge in [-0.15, -0.1) is 0 Å². The molecule has 1 N–H and O–H groups in total. The predicted molar refractivity (Wildman–Crippen MR) is 119 cm³/mol. The Bertz CT molecular complexity index is 1360. The zero-order valence-electron chi connectivity index (χ0n) is 16.9. The van der Waals surface area contributed by atoms with E-state index in [4.69, 9.17) is 4.98 Å². The van der Waals surface area contributed by atoms with E-state index in [1.165, 1.54) is 5.56 Å². The van der Waals surface area contributed by atoms with Crippen molar-refractivity contribution in [1.29, 1.82) is 0 Å². The maximum absolute atomic E-state index is 12.9. The molecule has 0 atom stereocenters. The Morgan fingerprint density at radius 2 is 1.84 bits per heavy atom. The monoisotopic (exact) mass is 408 g/mol. The van der Waals surface area contributed by atoms with Crippen LogP contribution in [0.15, 0.2) is 85.5 Å². The zero-order valence-corrected chi connectivity index (χ0v) is 16.9. The van der Waals surface area contributed by atoms with E-state index in [-0.39, 0.29) is 5.91 Å². The van der Waals surface area contributed by atoms with Gasteiger partial charge in [-0.25, -0.2) is 9.97 Å². The van der Waals surface area contributed by atoms with E-state index < -0.39 is 0 Å². The molecule has 5 rings (SSSR count). The van der Waals surface area contributed by atoms with Gasteiger partial charge < -0.3 is 9.88 Å². The number of benzene rings is 1. The third-order valence-corrected chi connectivity index (χ3v) is 5.08. The van der Waals surface area contributed by atoms with E-state index in [9.17, 15) is 4.79 Å². The molecular formula is C24H20N6O. The summed E-state index contributed by atoms with van der Waals surface area (Å²) in [6.45, 7) is 2.69. The van der Waals surface area contributed by atoms with Crippen molar-refractivity contribution in [3.8, 4) is 11.5 Å². The summed E-state index contributed by atoms with van der Waals surface area (Å²) in [4.78, 5) is 26.4. The van der Waals surface area contributed by atoms with Gasteiger partial charge in [0, 0.05) is 25.1 Å². The van der Waals surface area contributed by atoms with Crippen LogP contribution in [0, 0.1) is 6.92 Å². The largest absolute Gasteiger partial charge is 0.330 e. The van der Waals surface area contributed by atoms with Gasteiger partial charge in [0.1, 0.15) is 11.5 Å². The fourth-order valence-corrected chi connectivity index (χ4v) is 3.57. The number of aromatic nitrogens is 5. The van der Waals surface area contributed by atoms with Crippen molar-refractivity contribution in [2.24, 2.45) is 0 Å². The Labute approximate surface area is 179 Å². The highest BCUT2D eigenvalue weighted by Gasteiger charge is 2.20. The highest BCUT2D eigenvalue weighted by Crippen LogP contribution is 2.23. The molecule has 4 aromatic heterocycles. The number of hydrogen-bond donors (Lipinski definition) is 1. The maximum Gasteiger partial charge on any atom is 0.276 e. The van der Waals surface area contributed by atoms with Crippen molar-refractivity contribution >= 4 is 17.1 Å². The standard InChI is InChI=1S/C24H20N6O/c1-17-26-20(16-29(17)15-18-8-3-2-4-9-18)23-28-22(21-11-5-6-13-30(21)23)24(31)27-19-10-7-12-25-14-19/h2-14,16H,15H2,1H3,(H,27,31). The number of fused-ring (bicyclic) bond motifs is 1. The molecule has 0 aliphatic heterocycles. The second-order valence-corrected chi connectivity index (χ2v) is 7.22. The van der Waals surface area contributed by atoms with Crippen LogP contribution in [0.4, 0.5) is 5.69 Å². The summed E-state index contributed by atoms with van der Waals surface area (Å²) in [6, 6.07) is 19.5. The SMILES string of the molecule is Cc1nc(-c2nc(C(=O)Nc3cccnc3)c3ccccn23)cn1Cc1ccccc1. The molecule has 0 unspecified atom stereocenters. The van der Waals surface area contributed by atoms with E-state index in [0.29, 0.717) is 22.7 Å². The average Bonchev–Trinajstić information content (AvgIpc) is 3.36. The molecular weight excluding hydrogens is 388 g/mol. The highest BCUT2D eigenvalue weighted by molar-refractivity contribution is 6.08. The Kier molecular flexibility index (Phi) is 4.76. The van der Waals surface area contributed by atoms with Gasteiger partial charge in [0.05, 0.1) is 17.4 Å². The third-order valence-electron chi connectivity index (χ3n) is 5.08. The Balaban J connectivity index is 1.52. The number of rotatable bonds is 5. The molecule has 0 saturated heterocycles. The second kappa shape index (κ2) is 7.87. The molecule has 7 nitrogen and oxygen atoms in total. The first-order chi connectivity index (χ1) is 15.2. The summed E-state index contributed by atoms with van der Waals surface area (Å²) >= 11 is 0. The lowest BCUT2D eigenvalue weighted by Gasteiger charge is -2.04. The third kappa shape index (κ3) is 3.69. The Morgan fingerprint density at radius 3 is 2.65 bits per heavy atom. The van der Waals surface area contributed by atoms with E-state index >= 15 is 0 Å². The van der Waals surface area contributed by atoms with Crippen molar-refractivity contribution in [2.45, 2.75) is 13.5 Å². The van der Waals surface area contributed by atoms with Crippen molar-refractivity contribution in [2.75, 3.05) is 5.32 Å². The molecule has 0 fully saturated rings. The number of carbonyl (C=O) groups is 1. The number of amides is 1. The van der Waals surface area contributed by atoms with Crippen LogP contribution >= 0.6 is 0 Å². The smallest absolute Gasteiger partial charge is 0.276 e. The van der Waals surface area contributed by atoms with Crippen LogP contribution < -0.4 is 5.32 Å². The Morgan fingerprint density at radius 1 is 1.00 bits per heavy atom. The molecule has 0 bridgehead atoms. The zero-order chi connectivity index (χ0) is 21.2. The van der Waals surface area contributed by atoms with Gasteiger partial charge in [-0.2, -0.15) is 0 Å². The number of nitrogens with one attached hydrogen (secondary N) is 1. The first kappa shape index (κ1) is 18.7. The number of anilines is 1. The minimum absolute atomic E-state index is 0.289. The predicted octanol–water partition coefficient (Wildman–Crippen LogP) is 4.20. The summed E-state index contributed by atoms with van der Waals surface area (Å²) in [5.74, 6) is 1.22. The molecule has 0 aliphatic carbocycles. The van der Waals surface area contributed by atoms with Crippen LogP contribution in [0.3, 0.4) is 0 Å². The van der Waals surface area contributed by atoms with Gasteiger partial charge >= 0.3 is 0 Å². The molecule has 0 aliphatic rings. The van der Waals surface area contributed by atoms with E-state index in [2.05, 4.69) is 32.0 Å². The summed E-state index contributed by atoms with van der Waals surface area (Å²) in [5.41, 5.74) is 3.59. The highest BCUT2D eigenvalue weighted by atomic mass is 16.1. The van der Waals surface area contributed by atoms with Crippen LogP contribution in [0.5, 0.6) is 0 Å². The van der Waals surface area contributed by atoms with Gasteiger partial charge in [-0.05, 0) is 36.8 Å². The van der Waals surface area contributed by atoms with E-state index in [0.717, 1.165) is 18.1 Å². The van der Waals surface area contributed by atoms with Crippen molar-refractivity contribution in [3.05, 3.63) is 103 Å². The fourth-order valence-electron chi connectivity index (χ4n) is 3.57. The van der Waals surface area contributed by atoms with Gasteiger partial charge in [0.2, 0.25) is 0 Å². The number of aryl methyl sites for hydroxylation is 1. The molecule has 0 spiro atoms. The summed E-state index contributed by atoms with van der Waals surface area (Å²) in [5, 5.41) is 2.86. The normalized spacial score (nSPS) is 11.0. The van der Waals surface area contributed by atoms with Gasteiger partial charge in [0.15, 0.2) is 11.5 Å². The first-order valence-electron chi connectivity index (χ1n) is 9.95. The maximum atomic E-state index is 12.9. The van der Waals surface area contributed by atoms with Crippen molar-refractivity contribution in [1.82, 2.24) is 23.9 Å². The molecule has 1 aromatic carbocycles.